The summed E-state index contributed by atoms with van der Waals surface area (Å²) in [5.74, 6) is -0.536. The maximum atomic E-state index is 10.9. The molecule has 4 heteroatoms. The van der Waals surface area contributed by atoms with E-state index in [2.05, 4.69) is 9.89 Å². The average molecular weight is 169 g/mol. The van der Waals surface area contributed by atoms with Gasteiger partial charge in [-0.3, -0.25) is 0 Å². The van der Waals surface area contributed by atoms with Crippen LogP contribution in [0.15, 0.2) is 29.0 Å². The van der Waals surface area contributed by atoms with Crippen molar-refractivity contribution in [3.63, 3.8) is 0 Å². The molecule has 0 heterocycles. The van der Waals surface area contributed by atoms with E-state index in [1.165, 1.54) is 13.2 Å². The summed E-state index contributed by atoms with van der Waals surface area (Å²) in [6.45, 7) is 1.81. The number of esters is 1. The van der Waals surface area contributed by atoms with Gasteiger partial charge in [-0.15, -0.1) is 0 Å². The first-order valence-electron chi connectivity index (χ1n) is 3.35. The lowest BCUT2D eigenvalue weighted by Gasteiger charge is -1.95. The fourth-order valence-electron chi connectivity index (χ4n) is 0.544. The van der Waals surface area contributed by atoms with E-state index in [-0.39, 0.29) is 5.57 Å². The second-order valence-electron chi connectivity index (χ2n) is 1.88. The summed E-state index contributed by atoms with van der Waals surface area (Å²) in [4.78, 5) is 10.9. The highest BCUT2D eigenvalue weighted by molar-refractivity contribution is 6.09. The first-order chi connectivity index (χ1) is 5.76. The van der Waals surface area contributed by atoms with E-state index >= 15 is 0 Å². The number of carbonyl (C=O) groups excluding carboxylic acids is 1. The molecule has 0 aromatic rings. The summed E-state index contributed by atoms with van der Waals surface area (Å²) in [5.41, 5.74) is 0.193. The number of methoxy groups -OCH3 is 1. The molecule has 4 nitrogen and oxygen atoms in total. The quantitative estimate of drug-likeness (QED) is 0.172. The van der Waals surface area contributed by atoms with Gasteiger partial charge in [-0.2, -0.15) is 0 Å². The van der Waals surface area contributed by atoms with E-state index in [1.807, 2.05) is 6.92 Å². The van der Waals surface area contributed by atoms with Gasteiger partial charge in [0.25, 0.3) is 0 Å². The molecular formula is C8H11NO3. The maximum Gasteiger partial charge on any atom is 0.339 e. The predicted octanol–water partition coefficient (Wildman–Crippen LogP) is 1.12. The maximum absolute atomic E-state index is 10.9. The van der Waals surface area contributed by atoms with Crippen molar-refractivity contribution in [2.24, 2.45) is 5.16 Å². The molecule has 0 saturated heterocycles. The third kappa shape index (κ3) is 3.55. The van der Waals surface area contributed by atoms with Crippen LogP contribution >= 0.6 is 0 Å². The van der Waals surface area contributed by atoms with Crippen LogP contribution in [0.4, 0.5) is 0 Å². The monoisotopic (exact) mass is 169 g/mol. The second-order valence-corrected chi connectivity index (χ2v) is 1.88. The van der Waals surface area contributed by atoms with Crippen LogP contribution in [0.1, 0.15) is 6.92 Å². The topological polar surface area (TPSA) is 58.9 Å². The molecule has 0 aromatic heterocycles. The van der Waals surface area contributed by atoms with E-state index in [9.17, 15) is 4.79 Å². The van der Waals surface area contributed by atoms with Crippen LogP contribution in [0, 0.1) is 0 Å². The largest absolute Gasteiger partial charge is 0.465 e. The first kappa shape index (κ1) is 10.4. The van der Waals surface area contributed by atoms with Crippen LogP contribution in [0.3, 0.4) is 0 Å². The fraction of sp³-hybridized carbons (Fsp3) is 0.250. The van der Waals surface area contributed by atoms with Gasteiger partial charge in [0.05, 0.1) is 18.9 Å². The Morgan fingerprint density at radius 2 is 2.25 bits per heavy atom. The van der Waals surface area contributed by atoms with E-state index in [1.54, 1.807) is 12.2 Å². The molecular weight excluding hydrogens is 158 g/mol. The van der Waals surface area contributed by atoms with Gasteiger partial charge in [-0.05, 0) is 13.0 Å². The Kier molecular flexibility index (Phi) is 5.34. The van der Waals surface area contributed by atoms with Crippen molar-refractivity contribution in [3.05, 3.63) is 23.8 Å². The third-order valence-corrected chi connectivity index (χ3v) is 1.09. The minimum absolute atomic E-state index is 0.193. The molecule has 0 spiro atoms. The standard InChI is InChI=1S/C8H11NO3/c1-3-4-5-7(6-9-11)8(10)12-2/h3-6,11H,1-2H3/b4-3-,7-5+,9-6+. The van der Waals surface area contributed by atoms with Crippen molar-refractivity contribution >= 4 is 12.2 Å². The molecule has 0 aromatic carbocycles. The lowest BCUT2D eigenvalue weighted by molar-refractivity contribution is -0.135. The second kappa shape index (κ2) is 6.15. The Labute approximate surface area is 70.8 Å². The molecule has 0 radical (unpaired) electrons. The van der Waals surface area contributed by atoms with Gasteiger partial charge < -0.3 is 9.94 Å². The van der Waals surface area contributed by atoms with Gasteiger partial charge in [0.2, 0.25) is 0 Å². The Morgan fingerprint density at radius 3 is 2.67 bits per heavy atom. The molecule has 0 aliphatic rings. The lowest BCUT2D eigenvalue weighted by atomic mass is 10.2. The summed E-state index contributed by atoms with van der Waals surface area (Å²) in [6, 6.07) is 0. The summed E-state index contributed by atoms with van der Waals surface area (Å²) < 4.78 is 4.42. The Bertz CT molecular complexity index is 228. The number of allylic oxidation sites excluding steroid dienone is 3. The molecule has 12 heavy (non-hydrogen) atoms. The Hall–Kier alpha value is -1.58. The highest BCUT2D eigenvalue weighted by Crippen LogP contribution is 1.94. The summed E-state index contributed by atoms with van der Waals surface area (Å²) >= 11 is 0. The van der Waals surface area contributed by atoms with Crippen LogP contribution in [0.25, 0.3) is 0 Å². The molecule has 0 rings (SSSR count). The van der Waals surface area contributed by atoms with Crippen molar-refractivity contribution < 1.29 is 14.7 Å². The van der Waals surface area contributed by atoms with Crippen molar-refractivity contribution in [2.45, 2.75) is 6.92 Å². The zero-order valence-electron chi connectivity index (χ0n) is 7.02. The molecule has 0 aliphatic heterocycles. The van der Waals surface area contributed by atoms with Crippen LogP contribution in [0.5, 0.6) is 0 Å². The van der Waals surface area contributed by atoms with Gasteiger partial charge >= 0.3 is 5.97 Å². The Morgan fingerprint density at radius 1 is 1.58 bits per heavy atom. The van der Waals surface area contributed by atoms with E-state index in [0.29, 0.717) is 0 Å². The summed E-state index contributed by atoms with van der Waals surface area (Å²) in [6.07, 6.45) is 5.90. The summed E-state index contributed by atoms with van der Waals surface area (Å²) in [5, 5.41) is 10.9. The highest BCUT2D eigenvalue weighted by atomic mass is 16.5. The van der Waals surface area contributed by atoms with Crippen molar-refractivity contribution in [3.8, 4) is 0 Å². The molecule has 0 fully saturated rings. The predicted molar refractivity (Wildman–Crippen MR) is 45.2 cm³/mol. The minimum Gasteiger partial charge on any atom is -0.465 e. The lowest BCUT2D eigenvalue weighted by Crippen LogP contribution is -2.05. The first-order valence-corrected chi connectivity index (χ1v) is 3.35. The number of carbonyl (C=O) groups is 1. The molecule has 1 N–H and O–H groups in total. The van der Waals surface area contributed by atoms with E-state index < -0.39 is 5.97 Å². The molecule has 0 bridgehead atoms. The van der Waals surface area contributed by atoms with Crippen LogP contribution < -0.4 is 0 Å². The van der Waals surface area contributed by atoms with Crippen molar-refractivity contribution in [1.82, 2.24) is 0 Å². The van der Waals surface area contributed by atoms with Crippen LogP contribution in [0.2, 0.25) is 0 Å². The fourth-order valence-corrected chi connectivity index (χ4v) is 0.544. The van der Waals surface area contributed by atoms with E-state index in [4.69, 9.17) is 5.21 Å². The molecule has 0 saturated carbocycles. The van der Waals surface area contributed by atoms with Gasteiger partial charge in [0, 0.05) is 0 Å². The van der Waals surface area contributed by atoms with Gasteiger partial charge in [0.1, 0.15) is 0 Å². The van der Waals surface area contributed by atoms with Crippen molar-refractivity contribution in [1.29, 1.82) is 0 Å². The molecule has 0 amide bonds. The minimum atomic E-state index is -0.536. The van der Waals surface area contributed by atoms with E-state index in [0.717, 1.165) is 6.21 Å². The SMILES string of the molecule is C\C=C/C=C(\C=N\O)C(=O)OC. The number of hydrogen-bond donors (Lipinski definition) is 1. The number of ether oxygens (including phenoxy) is 1. The molecule has 0 aliphatic carbocycles. The zero-order valence-corrected chi connectivity index (χ0v) is 7.02. The van der Waals surface area contributed by atoms with Crippen LogP contribution in [-0.4, -0.2) is 24.5 Å². The number of rotatable bonds is 3. The van der Waals surface area contributed by atoms with Gasteiger partial charge in [0.15, 0.2) is 0 Å². The number of hydrogen-bond acceptors (Lipinski definition) is 4. The van der Waals surface area contributed by atoms with Crippen LogP contribution in [-0.2, 0) is 9.53 Å². The smallest absolute Gasteiger partial charge is 0.339 e. The molecule has 0 unspecified atom stereocenters. The molecule has 0 atom stereocenters. The number of nitrogens with zero attached hydrogens (tertiary/aromatic N) is 1. The molecule has 66 valence electrons. The van der Waals surface area contributed by atoms with Gasteiger partial charge in [-0.25, -0.2) is 4.79 Å². The highest BCUT2D eigenvalue weighted by Gasteiger charge is 2.04. The summed E-state index contributed by atoms with van der Waals surface area (Å²) in [7, 11) is 1.26. The zero-order chi connectivity index (χ0) is 9.40. The average Bonchev–Trinajstić information content (AvgIpc) is 2.11. The van der Waals surface area contributed by atoms with Crippen molar-refractivity contribution in [2.75, 3.05) is 7.11 Å². The number of oxime groups is 1. The normalized spacial score (nSPS) is 12.7. The Balaban J connectivity index is 4.53. The third-order valence-electron chi connectivity index (χ3n) is 1.09. The van der Waals surface area contributed by atoms with Gasteiger partial charge in [-0.1, -0.05) is 17.3 Å².